The molecule has 0 amide bonds. The number of nitrogens with zero attached hydrogens (tertiary/aromatic N) is 2. The average Bonchev–Trinajstić information content (AvgIpc) is 3.30. The smallest absolute Gasteiger partial charge is 0.356 e. The number of aromatic nitrogens is 2. The number of methoxy groups -OCH3 is 1. The van der Waals surface area contributed by atoms with Gasteiger partial charge in [-0.1, -0.05) is 18.2 Å². The maximum absolute atomic E-state index is 12.4. The van der Waals surface area contributed by atoms with Crippen molar-refractivity contribution in [2.45, 2.75) is 50.9 Å². The number of ether oxygens (including phenoxy) is 3. The molecule has 4 rings (SSSR count). The molecular weight excluding hydrogens is 382 g/mol. The summed E-state index contributed by atoms with van der Waals surface area (Å²) in [4.78, 5) is 21.4. The van der Waals surface area contributed by atoms with Crippen LogP contribution in [-0.2, 0) is 16.7 Å². The van der Waals surface area contributed by atoms with Crippen LogP contribution in [0.2, 0.25) is 0 Å². The van der Waals surface area contributed by atoms with Crippen molar-refractivity contribution in [1.29, 1.82) is 0 Å². The minimum absolute atomic E-state index is 0.198. The van der Waals surface area contributed by atoms with Crippen LogP contribution in [0.3, 0.4) is 0 Å². The SMILES string of the molecule is C=C(C)[C@@]12CCN(C)Cc3ccc(OC)c(c31)OC2C[C@H](C)OC(=O)c1cnc[nH]1. The number of rotatable bonds is 6. The molecule has 2 aliphatic rings. The Morgan fingerprint density at radius 3 is 2.97 bits per heavy atom. The lowest BCUT2D eigenvalue weighted by Crippen LogP contribution is -2.42. The Hall–Kier alpha value is -2.80. The van der Waals surface area contributed by atoms with Crippen molar-refractivity contribution in [3.63, 3.8) is 0 Å². The highest BCUT2D eigenvalue weighted by molar-refractivity contribution is 5.86. The molecule has 3 heterocycles. The third-order valence-electron chi connectivity index (χ3n) is 6.35. The maximum Gasteiger partial charge on any atom is 0.356 e. The molecule has 1 N–H and O–H groups in total. The van der Waals surface area contributed by atoms with Crippen LogP contribution in [0.4, 0.5) is 0 Å². The summed E-state index contributed by atoms with van der Waals surface area (Å²) in [7, 11) is 3.80. The number of hydrogen-bond acceptors (Lipinski definition) is 6. The Bertz CT molecular complexity index is 956. The van der Waals surface area contributed by atoms with E-state index in [1.807, 2.05) is 13.0 Å². The Morgan fingerprint density at radius 2 is 2.30 bits per heavy atom. The number of carbonyl (C=O) groups excluding carboxylic acids is 1. The van der Waals surface area contributed by atoms with E-state index in [1.165, 1.54) is 23.7 Å². The summed E-state index contributed by atoms with van der Waals surface area (Å²) < 4.78 is 17.8. The maximum atomic E-state index is 12.4. The fourth-order valence-corrected chi connectivity index (χ4v) is 4.84. The van der Waals surface area contributed by atoms with Gasteiger partial charge in [0.25, 0.3) is 0 Å². The van der Waals surface area contributed by atoms with Gasteiger partial charge >= 0.3 is 5.97 Å². The zero-order valence-corrected chi connectivity index (χ0v) is 18.0. The van der Waals surface area contributed by atoms with Gasteiger partial charge in [0.05, 0.1) is 25.0 Å². The summed E-state index contributed by atoms with van der Waals surface area (Å²) in [6, 6.07) is 4.10. The number of carbonyl (C=O) groups is 1. The molecule has 1 unspecified atom stereocenters. The normalized spacial score (nSPS) is 23.8. The van der Waals surface area contributed by atoms with Crippen LogP contribution in [0.1, 0.15) is 48.3 Å². The largest absolute Gasteiger partial charge is 0.493 e. The fraction of sp³-hybridized carbons (Fsp3) is 0.478. The summed E-state index contributed by atoms with van der Waals surface area (Å²) in [6.45, 7) is 10.1. The highest BCUT2D eigenvalue weighted by Crippen LogP contribution is 2.56. The van der Waals surface area contributed by atoms with Gasteiger partial charge in [0.2, 0.25) is 0 Å². The van der Waals surface area contributed by atoms with E-state index in [4.69, 9.17) is 14.2 Å². The summed E-state index contributed by atoms with van der Waals surface area (Å²) in [5, 5.41) is 0. The van der Waals surface area contributed by atoms with E-state index in [0.717, 1.165) is 36.6 Å². The number of imidazole rings is 1. The fourth-order valence-electron chi connectivity index (χ4n) is 4.84. The van der Waals surface area contributed by atoms with E-state index < -0.39 is 5.97 Å². The predicted molar refractivity (Wildman–Crippen MR) is 113 cm³/mol. The van der Waals surface area contributed by atoms with Gasteiger partial charge in [-0.05, 0) is 45.5 Å². The van der Waals surface area contributed by atoms with Gasteiger partial charge in [0.1, 0.15) is 17.9 Å². The van der Waals surface area contributed by atoms with Crippen LogP contribution in [0.5, 0.6) is 11.5 Å². The van der Waals surface area contributed by atoms with E-state index in [2.05, 4.69) is 41.5 Å². The second-order valence-electron chi connectivity index (χ2n) is 8.39. The molecule has 0 saturated carbocycles. The Labute approximate surface area is 177 Å². The molecule has 0 bridgehead atoms. The second kappa shape index (κ2) is 7.80. The molecule has 0 fully saturated rings. The van der Waals surface area contributed by atoms with E-state index in [9.17, 15) is 4.79 Å². The Kier molecular flexibility index (Phi) is 5.32. The van der Waals surface area contributed by atoms with Crippen molar-refractivity contribution >= 4 is 5.97 Å². The highest BCUT2D eigenvalue weighted by Gasteiger charge is 2.53. The van der Waals surface area contributed by atoms with Gasteiger partial charge in [-0.15, -0.1) is 0 Å². The summed E-state index contributed by atoms with van der Waals surface area (Å²) in [6.07, 6.45) is 3.82. The van der Waals surface area contributed by atoms with Gasteiger partial charge in [0.15, 0.2) is 11.5 Å². The second-order valence-corrected chi connectivity index (χ2v) is 8.39. The van der Waals surface area contributed by atoms with Crippen LogP contribution in [-0.4, -0.2) is 53.7 Å². The van der Waals surface area contributed by atoms with Gasteiger partial charge < -0.3 is 24.1 Å². The minimum atomic E-state index is -0.418. The molecule has 2 aliphatic heterocycles. The van der Waals surface area contributed by atoms with Crippen molar-refractivity contribution in [2.75, 3.05) is 20.7 Å². The Balaban J connectivity index is 1.68. The molecule has 0 spiro atoms. The zero-order valence-electron chi connectivity index (χ0n) is 18.0. The lowest BCUT2D eigenvalue weighted by atomic mass is 9.67. The van der Waals surface area contributed by atoms with Crippen LogP contribution < -0.4 is 9.47 Å². The first-order valence-corrected chi connectivity index (χ1v) is 10.3. The van der Waals surface area contributed by atoms with Crippen molar-refractivity contribution in [2.24, 2.45) is 0 Å². The molecule has 160 valence electrons. The van der Waals surface area contributed by atoms with Crippen molar-refractivity contribution in [3.8, 4) is 11.5 Å². The van der Waals surface area contributed by atoms with Crippen LogP contribution >= 0.6 is 0 Å². The molecule has 7 nitrogen and oxygen atoms in total. The van der Waals surface area contributed by atoms with Gasteiger partial charge in [-0.25, -0.2) is 9.78 Å². The molecule has 1 aromatic heterocycles. The zero-order chi connectivity index (χ0) is 21.5. The van der Waals surface area contributed by atoms with Crippen molar-refractivity contribution < 1.29 is 19.0 Å². The average molecular weight is 412 g/mol. The van der Waals surface area contributed by atoms with E-state index in [-0.39, 0.29) is 17.6 Å². The summed E-state index contributed by atoms with van der Waals surface area (Å²) in [5.74, 6) is 1.11. The number of esters is 1. The number of H-pyrrole nitrogens is 1. The lowest BCUT2D eigenvalue weighted by Gasteiger charge is -2.36. The molecule has 2 aromatic rings. The first kappa shape index (κ1) is 20.5. The van der Waals surface area contributed by atoms with Gasteiger partial charge in [0, 0.05) is 18.5 Å². The molecule has 3 atom stereocenters. The topological polar surface area (TPSA) is 76.7 Å². The minimum Gasteiger partial charge on any atom is -0.493 e. The van der Waals surface area contributed by atoms with E-state index in [1.54, 1.807) is 7.11 Å². The first-order valence-electron chi connectivity index (χ1n) is 10.3. The number of hydrogen-bond donors (Lipinski definition) is 1. The predicted octanol–water partition coefficient (Wildman–Crippen LogP) is 3.46. The standard InChI is InChI=1S/C23H29N3O4/c1-14(2)23-8-9-26(4)12-16-6-7-18(28-5)21(20(16)23)30-19(23)10-15(3)29-22(27)17-11-24-13-25-17/h6-7,11,13,15,19H,1,8-10,12H2,2-5H3,(H,24,25)/t15-,19?,23+/m0/s1. The van der Waals surface area contributed by atoms with Crippen LogP contribution in [0, 0.1) is 0 Å². The van der Waals surface area contributed by atoms with Crippen molar-refractivity contribution in [3.05, 3.63) is 53.6 Å². The number of benzene rings is 1. The quantitative estimate of drug-likeness (QED) is 0.579. The van der Waals surface area contributed by atoms with Crippen molar-refractivity contribution in [1.82, 2.24) is 14.9 Å². The van der Waals surface area contributed by atoms with Crippen LogP contribution in [0.15, 0.2) is 36.8 Å². The van der Waals surface area contributed by atoms with Crippen LogP contribution in [0.25, 0.3) is 0 Å². The molecule has 30 heavy (non-hydrogen) atoms. The molecule has 1 aromatic carbocycles. The summed E-state index contributed by atoms with van der Waals surface area (Å²) in [5.41, 5.74) is 3.46. The van der Waals surface area contributed by atoms with E-state index in [0.29, 0.717) is 12.1 Å². The third-order valence-corrected chi connectivity index (χ3v) is 6.35. The monoisotopic (exact) mass is 411 g/mol. The lowest BCUT2D eigenvalue weighted by molar-refractivity contribution is 0.0174. The third kappa shape index (κ3) is 3.27. The van der Waals surface area contributed by atoms with Gasteiger partial charge in [-0.2, -0.15) is 0 Å². The first-order chi connectivity index (χ1) is 14.4. The molecule has 0 radical (unpaired) electrons. The summed E-state index contributed by atoms with van der Waals surface area (Å²) >= 11 is 0. The van der Waals surface area contributed by atoms with E-state index >= 15 is 0 Å². The number of aromatic amines is 1. The molecular formula is C23H29N3O4. The number of nitrogens with one attached hydrogen (secondary N) is 1. The van der Waals surface area contributed by atoms with Gasteiger partial charge in [-0.3, -0.25) is 0 Å². The Morgan fingerprint density at radius 1 is 1.50 bits per heavy atom. The molecule has 7 heteroatoms. The molecule has 0 saturated heterocycles. The highest BCUT2D eigenvalue weighted by atomic mass is 16.6. The molecule has 0 aliphatic carbocycles.